The number of hydrogen-bond donors (Lipinski definition) is 1. The lowest BCUT2D eigenvalue weighted by Gasteiger charge is -2.16. The van der Waals surface area contributed by atoms with Gasteiger partial charge in [-0.15, -0.1) is 0 Å². The van der Waals surface area contributed by atoms with Crippen molar-refractivity contribution in [3.05, 3.63) is 35.1 Å². The third-order valence-electron chi connectivity index (χ3n) is 2.98. The maximum Gasteiger partial charge on any atom is 0.128 e. The first-order valence-electron chi connectivity index (χ1n) is 5.88. The molecule has 3 heteroatoms. The van der Waals surface area contributed by atoms with Crippen molar-refractivity contribution >= 4 is 0 Å². The largest absolute Gasteiger partial charge is 0.320 e. The highest BCUT2D eigenvalue weighted by atomic mass is 19.1. The van der Waals surface area contributed by atoms with Gasteiger partial charge in [-0.25, -0.2) is 4.39 Å². The predicted octanol–water partition coefficient (Wildman–Crippen LogP) is 1.73. The number of nitrogens with zero attached hydrogens (tertiary/aromatic N) is 1. The van der Waals surface area contributed by atoms with E-state index in [4.69, 9.17) is 5.73 Å². The molecular formula is C14H17FN2. The second-order valence-electron chi connectivity index (χ2n) is 4.46. The summed E-state index contributed by atoms with van der Waals surface area (Å²) in [7, 11) is 2.04. The van der Waals surface area contributed by atoms with Gasteiger partial charge in [0.05, 0.1) is 6.54 Å². The van der Waals surface area contributed by atoms with Crippen molar-refractivity contribution in [2.24, 2.45) is 5.73 Å². The van der Waals surface area contributed by atoms with Gasteiger partial charge in [0.1, 0.15) is 5.82 Å². The van der Waals surface area contributed by atoms with E-state index in [9.17, 15) is 4.39 Å². The molecule has 0 spiro atoms. The zero-order valence-electron chi connectivity index (χ0n) is 10.0. The molecule has 0 atom stereocenters. The molecule has 17 heavy (non-hydrogen) atoms. The second-order valence-corrected chi connectivity index (χ2v) is 4.46. The standard InChI is InChI=1S/C14H17FN2/c1-17(13-6-7-13)10-12-5-4-11(3-2-8-16)9-14(12)15/h4-5,9,13H,6-8,10,16H2,1H3. The van der Waals surface area contributed by atoms with Gasteiger partial charge in [-0.3, -0.25) is 4.90 Å². The van der Waals surface area contributed by atoms with Gasteiger partial charge in [0.15, 0.2) is 0 Å². The first-order valence-corrected chi connectivity index (χ1v) is 5.88. The molecule has 0 aromatic heterocycles. The molecule has 2 N–H and O–H groups in total. The van der Waals surface area contributed by atoms with Gasteiger partial charge >= 0.3 is 0 Å². The van der Waals surface area contributed by atoms with Gasteiger partial charge in [0.25, 0.3) is 0 Å². The monoisotopic (exact) mass is 232 g/mol. The van der Waals surface area contributed by atoms with Crippen LogP contribution in [0.3, 0.4) is 0 Å². The third kappa shape index (κ3) is 3.29. The Labute approximate surface area is 102 Å². The van der Waals surface area contributed by atoms with Crippen LogP contribution in [0.15, 0.2) is 18.2 Å². The summed E-state index contributed by atoms with van der Waals surface area (Å²) in [6.07, 6.45) is 2.47. The average Bonchev–Trinajstić information content (AvgIpc) is 3.13. The summed E-state index contributed by atoms with van der Waals surface area (Å²) in [6.45, 7) is 0.967. The minimum atomic E-state index is -0.179. The van der Waals surface area contributed by atoms with Crippen LogP contribution in [0.1, 0.15) is 24.0 Å². The summed E-state index contributed by atoms with van der Waals surface area (Å²) in [5.41, 5.74) is 6.70. The molecule has 0 aliphatic heterocycles. The molecule has 1 fully saturated rings. The molecule has 1 saturated carbocycles. The molecule has 1 aromatic carbocycles. The van der Waals surface area contributed by atoms with E-state index in [1.54, 1.807) is 0 Å². The van der Waals surface area contributed by atoms with Gasteiger partial charge in [0.2, 0.25) is 0 Å². The fourth-order valence-corrected chi connectivity index (χ4v) is 1.82. The van der Waals surface area contributed by atoms with Crippen LogP contribution < -0.4 is 5.73 Å². The normalized spacial score (nSPS) is 14.6. The van der Waals surface area contributed by atoms with Crippen molar-refractivity contribution < 1.29 is 4.39 Å². The quantitative estimate of drug-likeness (QED) is 0.804. The average molecular weight is 232 g/mol. The SMILES string of the molecule is CN(Cc1ccc(C#CCN)cc1F)C1CC1. The fraction of sp³-hybridized carbons (Fsp3) is 0.429. The van der Waals surface area contributed by atoms with Crippen molar-refractivity contribution in [1.82, 2.24) is 4.90 Å². The Morgan fingerprint density at radius 3 is 2.82 bits per heavy atom. The van der Waals surface area contributed by atoms with Crippen LogP contribution in [-0.4, -0.2) is 24.5 Å². The van der Waals surface area contributed by atoms with Crippen LogP contribution in [0.4, 0.5) is 4.39 Å². The minimum Gasteiger partial charge on any atom is -0.320 e. The Hall–Kier alpha value is -1.37. The van der Waals surface area contributed by atoms with Gasteiger partial charge in [-0.1, -0.05) is 17.9 Å². The van der Waals surface area contributed by atoms with Crippen molar-refractivity contribution in [2.75, 3.05) is 13.6 Å². The Kier molecular flexibility index (Phi) is 3.78. The van der Waals surface area contributed by atoms with Gasteiger partial charge in [-0.2, -0.15) is 0 Å². The molecule has 90 valence electrons. The lowest BCUT2D eigenvalue weighted by Crippen LogP contribution is -2.20. The molecule has 1 aromatic rings. The lowest BCUT2D eigenvalue weighted by molar-refractivity contribution is 0.311. The fourth-order valence-electron chi connectivity index (χ4n) is 1.82. The molecule has 0 heterocycles. The zero-order valence-corrected chi connectivity index (χ0v) is 10.0. The van der Waals surface area contributed by atoms with Crippen LogP contribution in [0, 0.1) is 17.7 Å². The zero-order chi connectivity index (χ0) is 12.3. The minimum absolute atomic E-state index is 0.179. The Morgan fingerprint density at radius 2 is 2.24 bits per heavy atom. The highest BCUT2D eigenvalue weighted by Crippen LogP contribution is 2.27. The maximum atomic E-state index is 13.8. The molecule has 0 unspecified atom stereocenters. The number of hydrogen-bond acceptors (Lipinski definition) is 2. The molecule has 2 rings (SSSR count). The van der Waals surface area contributed by atoms with Crippen LogP contribution in [0.2, 0.25) is 0 Å². The number of benzene rings is 1. The Morgan fingerprint density at radius 1 is 1.47 bits per heavy atom. The van der Waals surface area contributed by atoms with Gasteiger partial charge in [-0.05, 0) is 32.0 Å². The highest BCUT2D eigenvalue weighted by molar-refractivity contribution is 5.37. The van der Waals surface area contributed by atoms with Crippen LogP contribution >= 0.6 is 0 Å². The number of rotatable bonds is 3. The summed E-state index contributed by atoms with van der Waals surface area (Å²) in [5, 5.41) is 0. The topological polar surface area (TPSA) is 29.3 Å². The maximum absolute atomic E-state index is 13.8. The van der Waals surface area contributed by atoms with Crippen molar-refractivity contribution in [1.29, 1.82) is 0 Å². The summed E-state index contributed by atoms with van der Waals surface area (Å²) in [5.74, 6) is 5.37. The molecule has 2 nitrogen and oxygen atoms in total. The number of halogens is 1. The Balaban J connectivity index is 2.07. The van der Waals surface area contributed by atoms with Crippen molar-refractivity contribution in [3.63, 3.8) is 0 Å². The predicted molar refractivity (Wildman–Crippen MR) is 66.8 cm³/mol. The van der Waals surface area contributed by atoms with E-state index < -0.39 is 0 Å². The van der Waals surface area contributed by atoms with Gasteiger partial charge in [0, 0.05) is 23.7 Å². The summed E-state index contributed by atoms with van der Waals surface area (Å²) in [6, 6.07) is 5.79. The molecule has 0 saturated heterocycles. The molecule has 1 aliphatic carbocycles. The Bertz CT molecular complexity index is 455. The van der Waals surface area contributed by atoms with E-state index in [0.29, 0.717) is 24.7 Å². The van der Waals surface area contributed by atoms with E-state index in [1.807, 2.05) is 19.2 Å². The van der Waals surface area contributed by atoms with E-state index in [2.05, 4.69) is 16.7 Å². The first kappa shape index (κ1) is 12.1. The third-order valence-corrected chi connectivity index (χ3v) is 2.98. The van der Waals surface area contributed by atoms with Gasteiger partial charge < -0.3 is 5.73 Å². The molecular weight excluding hydrogens is 215 g/mol. The summed E-state index contributed by atoms with van der Waals surface area (Å²) in [4.78, 5) is 2.20. The van der Waals surface area contributed by atoms with Crippen LogP contribution in [-0.2, 0) is 6.54 Å². The van der Waals surface area contributed by atoms with Crippen molar-refractivity contribution in [2.45, 2.75) is 25.4 Å². The smallest absolute Gasteiger partial charge is 0.128 e. The molecule has 1 aliphatic rings. The van der Waals surface area contributed by atoms with E-state index in [0.717, 1.165) is 5.56 Å². The molecule has 0 radical (unpaired) electrons. The second kappa shape index (κ2) is 5.31. The van der Waals surface area contributed by atoms with E-state index >= 15 is 0 Å². The van der Waals surface area contributed by atoms with Crippen LogP contribution in [0.25, 0.3) is 0 Å². The summed E-state index contributed by atoms with van der Waals surface area (Å²) >= 11 is 0. The van der Waals surface area contributed by atoms with Crippen LogP contribution in [0.5, 0.6) is 0 Å². The van der Waals surface area contributed by atoms with E-state index in [-0.39, 0.29) is 5.82 Å². The summed E-state index contributed by atoms with van der Waals surface area (Å²) < 4.78 is 13.8. The number of nitrogens with two attached hydrogens (primary N) is 1. The highest BCUT2D eigenvalue weighted by Gasteiger charge is 2.26. The lowest BCUT2D eigenvalue weighted by atomic mass is 10.1. The molecule has 0 amide bonds. The van der Waals surface area contributed by atoms with E-state index in [1.165, 1.54) is 18.9 Å². The molecule has 0 bridgehead atoms. The first-order chi connectivity index (χ1) is 8.20. The van der Waals surface area contributed by atoms with Crippen molar-refractivity contribution in [3.8, 4) is 11.8 Å².